The zero-order chi connectivity index (χ0) is 24.0. The molecule has 0 aliphatic heterocycles. The molecule has 14 nitrogen and oxygen atoms in total. The molecular formula is C14H29BrO14. The van der Waals surface area contributed by atoms with Gasteiger partial charge in [-0.15, -0.1) is 17.0 Å². The Kier molecular flexibility index (Phi) is 39.9. The summed E-state index contributed by atoms with van der Waals surface area (Å²) in [7, 11) is 0. The van der Waals surface area contributed by atoms with Gasteiger partial charge in [0.1, 0.15) is 24.4 Å². The number of aliphatic hydroxyl groups excluding tert-OH is 5. The highest BCUT2D eigenvalue weighted by Gasteiger charge is 2.29. The van der Waals surface area contributed by atoms with E-state index in [0.29, 0.717) is 0 Å². The average molecular weight is 501 g/mol. The van der Waals surface area contributed by atoms with Crippen LogP contribution < -0.4 is 0 Å². The zero-order valence-electron chi connectivity index (χ0n) is 16.1. The summed E-state index contributed by atoms with van der Waals surface area (Å²) in [6.07, 6.45) is -6.84. The van der Waals surface area contributed by atoms with E-state index in [-0.39, 0.29) is 23.3 Å². The molecule has 0 amide bonds. The molecule has 0 bridgehead atoms. The quantitative estimate of drug-likeness (QED) is 0.177. The van der Waals surface area contributed by atoms with Crippen LogP contribution in [0.15, 0.2) is 0 Å². The van der Waals surface area contributed by atoms with E-state index < -0.39 is 54.9 Å². The first kappa shape index (κ1) is 41.3. The fraction of sp³-hybridized carbons (Fsp3) is 0.643. The number of carboxylic acid groups (broad SMARTS) is 4. The standard InChI is InChI=1S/C6H12O6.4C2H4O2.BrH/c7-1-3(9)5(11)6(12)4(10)2-8;4*1-2(3)4;/h1,3-6,8-12H,2H2;4*1H3,(H,3,4);1H/t3-,4+,5+,6+;;;;;/m0...../s1. The second kappa shape index (κ2) is 28.0. The smallest absolute Gasteiger partial charge is 0.300 e. The summed E-state index contributed by atoms with van der Waals surface area (Å²) in [4.78, 5) is 45.9. The Bertz CT molecular complexity index is 378. The number of aliphatic hydroxyl groups is 5. The van der Waals surface area contributed by atoms with Crippen molar-refractivity contribution in [2.45, 2.75) is 52.1 Å². The maximum Gasteiger partial charge on any atom is 0.300 e. The van der Waals surface area contributed by atoms with Crippen molar-refractivity contribution in [3.8, 4) is 0 Å². The van der Waals surface area contributed by atoms with Crippen molar-refractivity contribution in [1.29, 1.82) is 0 Å². The van der Waals surface area contributed by atoms with Gasteiger partial charge in [-0.3, -0.25) is 19.2 Å². The zero-order valence-corrected chi connectivity index (χ0v) is 17.8. The number of aliphatic carboxylic acids is 4. The van der Waals surface area contributed by atoms with Gasteiger partial charge in [-0.1, -0.05) is 0 Å². The van der Waals surface area contributed by atoms with Crippen LogP contribution in [0.4, 0.5) is 0 Å². The van der Waals surface area contributed by atoms with E-state index in [0.717, 1.165) is 27.7 Å². The third-order valence-corrected chi connectivity index (χ3v) is 1.42. The molecule has 0 saturated carbocycles. The summed E-state index contributed by atoms with van der Waals surface area (Å²) in [5.74, 6) is -3.33. The second-order valence-corrected chi connectivity index (χ2v) is 4.43. The number of rotatable bonds is 5. The van der Waals surface area contributed by atoms with Crippen molar-refractivity contribution in [3.05, 3.63) is 0 Å². The molecule has 0 heterocycles. The van der Waals surface area contributed by atoms with Crippen LogP contribution in [-0.4, -0.2) is 107 Å². The van der Waals surface area contributed by atoms with Crippen LogP contribution in [-0.2, 0) is 24.0 Å². The SMILES string of the molecule is Br.CC(=O)O.CC(=O)O.CC(=O)O.CC(=O)O.O=C[C@H](O)[C@@H](O)[C@H](O)[C@H](O)CO. The Morgan fingerprint density at radius 1 is 0.690 bits per heavy atom. The van der Waals surface area contributed by atoms with Crippen molar-refractivity contribution in [3.63, 3.8) is 0 Å². The summed E-state index contributed by atoms with van der Waals surface area (Å²) >= 11 is 0. The molecule has 9 N–H and O–H groups in total. The van der Waals surface area contributed by atoms with Gasteiger partial charge in [-0.2, -0.15) is 0 Å². The molecule has 0 rings (SSSR count). The summed E-state index contributed by atoms with van der Waals surface area (Å²) in [5, 5.41) is 73.2. The van der Waals surface area contributed by atoms with E-state index in [1.165, 1.54) is 0 Å². The minimum Gasteiger partial charge on any atom is -0.481 e. The molecule has 0 unspecified atom stereocenters. The van der Waals surface area contributed by atoms with Crippen LogP contribution in [0.1, 0.15) is 27.7 Å². The first-order chi connectivity index (χ1) is 12.5. The summed E-state index contributed by atoms with van der Waals surface area (Å²) in [6.45, 7) is 3.57. The van der Waals surface area contributed by atoms with E-state index in [1.54, 1.807) is 0 Å². The van der Waals surface area contributed by atoms with Gasteiger partial charge in [-0.05, 0) is 0 Å². The number of hydrogen-bond acceptors (Lipinski definition) is 10. The molecule has 0 aromatic heterocycles. The van der Waals surface area contributed by atoms with E-state index >= 15 is 0 Å². The molecule has 0 aromatic rings. The fourth-order valence-corrected chi connectivity index (χ4v) is 0.618. The highest BCUT2D eigenvalue weighted by atomic mass is 79.9. The molecule has 0 spiro atoms. The van der Waals surface area contributed by atoms with Gasteiger partial charge in [0.25, 0.3) is 23.9 Å². The molecule has 0 saturated heterocycles. The Hall–Kier alpha value is -2.17. The Morgan fingerprint density at radius 2 is 0.897 bits per heavy atom. The Labute approximate surface area is 176 Å². The van der Waals surface area contributed by atoms with Gasteiger partial charge < -0.3 is 50.8 Å². The van der Waals surface area contributed by atoms with Gasteiger partial charge in [0.05, 0.1) is 6.61 Å². The predicted octanol–water partition coefficient (Wildman–Crippen LogP) is -2.44. The highest BCUT2D eigenvalue weighted by Crippen LogP contribution is 2.02. The lowest BCUT2D eigenvalue weighted by atomic mass is 10.0. The van der Waals surface area contributed by atoms with E-state index in [2.05, 4.69) is 0 Å². The van der Waals surface area contributed by atoms with Crippen molar-refractivity contribution < 1.29 is 69.9 Å². The van der Waals surface area contributed by atoms with Crippen LogP contribution in [0, 0.1) is 0 Å². The summed E-state index contributed by atoms with van der Waals surface area (Å²) < 4.78 is 0. The van der Waals surface area contributed by atoms with Crippen molar-refractivity contribution in [1.82, 2.24) is 0 Å². The lowest BCUT2D eigenvalue weighted by Gasteiger charge is -2.22. The van der Waals surface area contributed by atoms with E-state index in [9.17, 15) is 4.79 Å². The molecule has 0 fully saturated rings. The average Bonchev–Trinajstić information content (AvgIpc) is 2.49. The number of aldehydes is 1. The Morgan fingerprint density at radius 3 is 1.03 bits per heavy atom. The van der Waals surface area contributed by atoms with Gasteiger partial charge in [0, 0.05) is 27.7 Å². The first-order valence-electron chi connectivity index (χ1n) is 7.04. The molecular weight excluding hydrogens is 472 g/mol. The maximum atomic E-state index is 9.90. The van der Waals surface area contributed by atoms with Gasteiger partial charge in [0.2, 0.25) is 0 Å². The summed E-state index contributed by atoms with van der Waals surface area (Å²) in [5.41, 5.74) is 0. The van der Waals surface area contributed by atoms with E-state index in [1.807, 2.05) is 0 Å². The number of hydrogen-bond donors (Lipinski definition) is 9. The predicted molar refractivity (Wildman–Crippen MR) is 101 cm³/mol. The second-order valence-electron chi connectivity index (χ2n) is 4.43. The lowest BCUT2D eigenvalue weighted by molar-refractivity contribution is -0.136. The first-order valence-corrected chi connectivity index (χ1v) is 7.04. The van der Waals surface area contributed by atoms with Gasteiger partial charge >= 0.3 is 0 Å². The highest BCUT2D eigenvalue weighted by molar-refractivity contribution is 8.93. The minimum absolute atomic E-state index is 0. The number of carbonyl (C=O) groups excluding carboxylic acids is 1. The van der Waals surface area contributed by atoms with Crippen LogP contribution >= 0.6 is 17.0 Å². The molecule has 176 valence electrons. The van der Waals surface area contributed by atoms with E-state index in [4.69, 9.17) is 65.1 Å². The van der Waals surface area contributed by atoms with Gasteiger partial charge in [-0.25, -0.2) is 0 Å². The topological polar surface area (TPSA) is 267 Å². The van der Waals surface area contributed by atoms with Crippen LogP contribution in [0.5, 0.6) is 0 Å². The van der Waals surface area contributed by atoms with Crippen LogP contribution in [0.3, 0.4) is 0 Å². The maximum absolute atomic E-state index is 9.90. The van der Waals surface area contributed by atoms with Crippen LogP contribution in [0.2, 0.25) is 0 Å². The van der Waals surface area contributed by atoms with Gasteiger partial charge in [0.15, 0.2) is 6.29 Å². The molecule has 29 heavy (non-hydrogen) atoms. The fourth-order valence-electron chi connectivity index (χ4n) is 0.618. The molecule has 0 aliphatic rings. The normalized spacial score (nSPS) is 12.2. The number of carbonyl (C=O) groups is 5. The summed E-state index contributed by atoms with van der Waals surface area (Å²) in [6, 6.07) is 0. The van der Waals surface area contributed by atoms with Crippen molar-refractivity contribution in [2.75, 3.05) is 6.61 Å². The third kappa shape index (κ3) is 76.7. The van der Waals surface area contributed by atoms with Crippen LogP contribution in [0.25, 0.3) is 0 Å². The monoisotopic (exact) mass is 500 g/mol. The Balaban J connectivity index is -0.0000000648. The van der Waals surface area contributed by atoms with Crippen molar-refractivity contribution >= 4 is 47.1 Å². The largest absolute Gasteiger partial charge is 0.481 e. The lowest BCUT2D eigenvalue weighted by Crippen LogP contribution is -2.46. The molecule has 0 aliphatic carbocycles. The molecule has 4 atom stereocenters. The number of halogens is 1. The molecule has 0 aromatic carbocycles. The molecule has 15 heteroatoms. The molecule has 0 radical (unpaired) electrons. The minimum atomic E-state index is -1.79. The van der Waals surface area contributed by atoms with Crippen molar-refractivity contribution in [2.24, 2.45) is 0 Å². The third-order valence-electron chi connectivity index (χ3n) is 1.42. The number of carboxylic acids is 4.